The van der Waals surface area contributed by atoms with Crippen LogP contribution in [0.1, 0.15) is 39.8 Å². The van der Waals surface area contributed by atoms with Gasteiger partial charge in [-0.1, -0.05) is 249 Å². The molecule has 328 valence electrons. The first-order chi connectivity index (χ1) is 34.7. The van der Waals surface area contributed by atoms with E-state index < -0.39 is 5.41 Å². The van der Waals surface area contributed by atoms with Crippen LogP contribution in [0.25, 0.3) is 102 Å². The van der Waals surface area contributed by atoms with Crippen molar-refractivity contribution in [1.82, 2.24) is 15.0 Å². The molecular formula is C67H45N3. The Hall–Kier alpha value is -9.05. The molecule has 11 aromatic rings. The van der Waals surface area contributed by atoms with E-state index in [9.17, 15) is 0 Å². The van der Waals surface area contributed by atoms with E-state index in [-0.39, 0.29) is 0 Å². The highest BCUT2D eigenvalue weighted by Crippen LogP contribution is 2.57. The first-order valence-electron chi connectivity index (χ1n) is 24.1. The summed E-state index contributed by atoms with van der Waals surface area (Å²) in [6.07, 6.45) is 9.74. The first-order valence-corrected chi connectivity index (χ1v) is 24.1. The summed E-state index contributed by atoms with van der Waals surface area (Å²) < 4.78 is 0. The van der Waals surface area contributed by atoms with Gasteiger partial charge in [-0.25, -0.2) is 15.0 Å². The van der Waals surface area contributed by atoms with Crippen LogP contribution in [0.5, 0.6) is 0 Å². The molecule has 0 radical (unpaired) electrons. The molecule has 0 atom stereocenters. The smallest absolute Gasteiger partial charge is 0.165 e. The third kappa shape index (κ3) is 6.85. The molecule has 2 aliphatic rings. The molecule has 0 amide bonds. The Labute approximate surface area is 408 Å². The lowest BCUT2D eigenvalue weighted by Gasteiger charge is -2.34. The molecule has 0 unspecified atom stereocenters. The van der Waals surface area contributed by atoms with Crippen molar-refractivity contribution in [3.63, 3.8) is 0 Å². The van der Waals surface area contributed by atoms with E-state index in [0.717, 1.165) is 78.4 Å². The van der Waals surface area contributed by atoms with Crippen LogP contribution < -0.4 is 0 Å². The van der Waals surface area contributed by atoms with E-state index in [4.69, 9.17) is 15.0 Å². The van der Waals surface area contributed by atoms with Crippen molar-refractivity contribution >= 4 is 22.9 Å². The van der Waals surface area contributed by atoms with Crippen molar-refractivity contribution in [1.29, 1.82) is 0 Å². The van der Waals surface area contributed by atoms with Crippen LogP contribution in [0.4, 0.5) is 0 Å². The first kappa shape index (κ1) is 41.2. The Morgan fingerprint density at radius 3 is 1.54 bits per heavy atom. The Morgan fingerprint density at radius 1 is 0.314 bits per heavy atom. The minimum Gasteiger partial charge on any atom is -0.208 e. The number of rotatable bonds is 8. The van der Waals surface area contributed by atoms with Gasteiger partial charge in [0.05, 0.1) is 5.41 Å². The standard InChI is InChI=1S/C67H45N3/c1-6-20-45(21-7-1)46-34-36-49(37-35-46)64-68-65(70-66(69-64)63-54-29-15-3-10-24-48(54)38-40-55(63)47-22-8-2-9-23-47)60-43-42-53(56-30-16-17-31-57(56)60)50-39-41-59-58-32-18-19-33-61(58)67(62(59)44-50,51-25-11-4-12-26-51)52-27-13-5-14-28-52/h1-2,4-44H,3H2. The molecule has 13 rings (SSSR count). The predicted octanol–water partition coefficient (Wildman–Crippen LogP) is 16.8. The van der Waals surface area contributed by atoms with Crippen LogP contribution in [0.2, 0.25) is 0 Å². The van der Waals surface area contributed by atoms with Crippen molar-refractivity contribution in [2.24, 2.45) is 0 Å². The number of hydrogen-bond acceptors (Lipinski definition) is 3. The van der Waals surface area contributed by atoms with Crippen LogP contribution in [0, 0.1) is 0 Å². The van der Waals surface area contributed by atoms with Crippen molar-refractivity contribution in [3.05, 3.63) is 282 Å². The summed E-state index contributed by atoms with van der Waals surface area (Å²) in [5.74, 6) is 1.87. The summed E-state index contributed by atoms with van der Waals surface area (Å²) in [5, 5.41) is 2.20. The summed E-state index contributed by atoms with van der Waals surface area (Å²) >= 11 is 0. The van der Waals surface area contributed by atoms with Crippen molar-refractivity contribution in [2.75, 3.05) is 0 Å². The van der Waals surface area contributed by atoms with Gasteiger partial charge in [0, 0.05) is 16.7 Å². The van der Waals surface area contributed by atoms with Gasteiger partial charge in [0.25, 0.3) is 0 Å². The SMILES string of the molecule is C1=Cc2ccc(-c3ccccc3)c(-c3nc(-c4ccc(-c5ccccc5)cc4)nc(-c4ccc(-c5ccc6c(c5)C(c5ccccc5)(c5ccccc5)c5ccccc5-6)c5ccccc45)n3)c2C=CC1. The zero-order valence-corrected chi connectivity index (χ0v) is 38.4. The number of nitrogens with zero attached hydrogens (tertiary/aromatic N) is 3. The number of allylic oxidation sites excluding steroid dienone is 2. The number of benzene rings is 10. The molecule has 0 N–H and O–H groups in total. The lowest BCUT2D eigenvalue weighted by molar-refractivity contribution is 0.769. The second-order valence-electron chi connectivity index (χ2n) is 18.1. The van der Waals surface area contributed by atoms with E-state index in [1.165, 1.54) is 33.4 Å². The van der Waals surface area contributed by atoms with Gasteiger partial charge in [-0.2, -0.15) is 0 Å². The quantitative estimate of drug-likeness (QED) is 0.153. The molecule has 0 saturated carbocycles. The fraction of sp³-hybridized carbons (Fsp3) is 0.0299. The monoisotopic (exact) mass is 891 g/mol. The van der Waals surface area contributed by atoms with Gasteiger partial charge in [0.2, 0.25) is 0 Å². The topological polar surface area (TPSA) is 38.7 Å². The second kappa shape index (κ2) is 17.2. The van der Waals surface area contributed by atoms with Crippen LogP contribution >= 0.6 is 0 Å². The zero-order valence-electron chi connectivity index (χ0n) is 38.4. The molecule has 10 aromatic carbocycles. The highest BCUT2D eigenvalue weighted by Gasteiger charge is 2.46. The third-order valence-electron chi connectivity index (χ3n) is 14.3. The molecule has 3 nitrogen and oxygen atoms in total. The summed E-state index contributed by atoms with van der Waals surface area (Å²) in [7, 11) is 0. The van der Waals surface area contributed by atoms with Crippen LogP contribution in [-0.2, 0) is 5.41 Å². The summed E-state index contributed by atoms with van der Waals surface area (Å²) in [4.78, 5) is 16.3. The normalized spacial score (nSPS) is 13.1. The molecule has 0 saturated heterocycles. The molecule has 0 aliphatic heterocycles. The molecule has 70 heavy (non-hydrogen) atoms. The van der Waals surface area contributed by atoms with Crippen molar-refractivity contribution in [2.45, 2.75) is 11.8 Å². The molecular weight excluding hydrogens is 847 g/mol. The Morgan fingerprint density at radius 2 is 0.814 bits per heavy atom. The lowest BCUT2D eigenvalue weighted by Crippen LogP contribution is -2.28. The zero-order chi connectivity index (χ0) is 46.4. The van der Waals surface area contributed by atoms with Crippen LogP contribution in [-0.4, -0.2) is 15.0 Å². The van der Waals surface area contributed by atoms with E-state index in [2.05, 4.69) is 255 Å². The molecule has 0 fully saturated rings. The summed E-state index contributed by atoms with van der Waals surface area (Å²) in [6, 6.07) is 85.3. The van der Waals surface area contributed by atoms with Crippen LogP contribution in [0.3, 0.4) is 0 Å². The van der Waals surface area contributed by atoms with E-state index >= 15 is 0 Å². The molecule has 1 aromatic heterocycles. The van der Waals surface area contributed by atoms with Crippen molar-refractivity contribution in [3.8, 4) is 78.7 Å². The van der Waals surface area contributed by atoms with Crippen molar-refractivity contribution < 1.29 is 0 Å². The van der Waals surface area contributed by atoms with Gasteiger partial charge >= 0.3 is 0 Å². The Balaban J connectivity index is 1.02. The predicted molar refractivity (Wildman–Crippen MR) is 290 cm³/mol. The minimum atomic E-state index is -0.504. The maximum Gasteiger partial charge on any atom is 0.165 e. The molecule has 1 heterocycles. The Kier molecular flexibility index (Phi) is 10.1. The largest absolute Gasteiger partial charge is 0.208 e. The maximum atomic E-state index is 5.52. The summed E-state index contributed by atoms with van der Waals surface area (Å²) in [5.41, 5.74) is 19.0. The van der Waals surface area contributed by atoms with E-state index in [1.54, 1.807) is 0 Å². The van der Waals surface area contributed by atoms with Gasteiger partial charge in [-0.05, 0) is 107 Å². The minimum absolute atomic E-state index is 0.504. The number of aromatic nitrogens is 3. The van der Waals surface area contributed by atoms with Gasteiger partial charge in [-0.15, -0.1) is 0 Å². The average molecular weight is 892 g/mol. The van der Waals surface area contributed by atoms with E-state index in [0.29, 0.717) is 17.5 Å². The van der Waals surface area contributed by atoms with Crippen LogP contribution in [0.15, 0.2) is 249 Å². The number of fused-ring (bicyclic) bond motifs is 5. The Bertz CT molecular complexity index is 3780. The van der Waals surface area contributed by atoms with Gasteiger partial charge < -0.3 is 0 Å². The average Bonchev–Trinajstić information content (AvgIpc) is 3.53. The summed E-state index contributed by atoms with van der Waals surface area (Å²) in [6.45, 7) is 0. The molecule has 2 aliphatic carbocycles. The molecule has 3 heteroatoms. The molecule has 0 bridgehead atoms. The molecule has 0 spiro atoms. The highest BCUT2D eigenvalue weighted by molar-refractivity contribution is 6.05. The van der Waals surface area contributed by atoms with Gasteiger partial charge in [-0.3, -0.25) is 0 Å². The fourth-order valence-electron chi connectivity index (χ4n) is 11.1. The van der Waals surface area contributed by atoms with Gasteiger partial charge in [0.15, 0.2) is 17.5 Å². The fourth-order valence-corrected chi connectivity index (χ4v) is 11.1. The second-order valence-corrected chi connectivity index (χ2v) is 18.1. The third-order valence-corrected chi connectivity index (χ3v) is 14.3. The van der Waals surface area contributed by atoms with E-state index in [1.807, 2.05) is 6.07 Å². The highest BCUT2D eigenvalue weighted by atomic mass is 15.0. The van der Waals surface area contributed by atoms with Gasteiger partial charge in [0.1, 0.15) is 0 Å². The number of hydrogen-bond donors (Lipinski definition) is 0. The maximum absolute atomic E-state index is 5.52. The lowest BCUT2D eigenvalue weighted by atomic mass is 9.67.